The van der Waals surface area contributed by atoms with E-state index in [0.29, 0.717) is 23.1 Å². The quantitative estimate of drug-likeness (QED) is 0.465. The lowest BCUT2D eigenvalue weighted by Gasteiger charge is -2.35. The first-order chi connectivity index (χ1) is 15.1. The van der Waals surface area contributed by atoms with Crippen LogP contribution in [0.25, 0.3) is 21.8 Å². The molecule has 2 atom stereocenters. The molecule has 2 aromatic carbocycles. The smallest absolute Gasteiger partial charge is 0.162 e. The summed E-state index contributed by atoms with van der Waals surface area (Å²) in [6.07, 6.45) is 4.03. The van der Waals surface area contributed by atoms with Gasteiger partial charge in [0.2, 0.25) is 0 Å². The van der Waals surface area contributed by atoms with Gasteiger partial charge in [-0.05, 0) is 37.1 Å². The van der Waals surface area contributed by atoms with Crippen LogP contribution in [0.5, 0.6) is 11.5 Å². The fourth-order valence-electron chi connectivity index (χ4n) is 4.25. The van der Waals surface area contributed by atoms with Crippen molar-refractivity contribution in [3.05, 3.63) is 36.5 Å². The van der Waals surface area contributed by atoms with Crippen molar-refractivity contribution < 1.29 is 9.47 Å². The summed E-state index contributed by atoms with van der Waals surface area (Å²) in [5.41, 5.74) is 3.65. The van der Waals surface area contributed by atoms with Crippen molar-refractivity contribution in [2.75, 3.05) is 37.5 Å². The standard InChI is InChI=1S/C22H25N6O2P/c1-29-19-9-16-18(10-20(19)30-2)25-22(31)26-21(16)28-7-3-4-15(12-28)24-14-5-6-17-13(8-14)11-23-27-17/h5-6,8-11,15,24H,3-4,7,12,31H2,1-2H3,(H,23,27). The first-order valence-corrected chi connectivity index (χ1v) is 10.9. The third-order valence-electron chi connectivity index (χ3n) is 5.73. The van der Waals surface area contributed by atoms with E-state index in [1.165, 1.54) is 0 Å². The Morgan fingerprint density at radius 1 is 1.13 bits per heavy atom. The van der Waals surface area contributed by atoms with Gasteiger partial charge >= 0.3 is 0 Å². The minimum Gasteiger partial charge on any atom is -0.493 e. The van der Waals surface area contributed by atoms with Gasteiger partial charge in [-0.2, -0.15) is 5.10 Å². The third-order valence-corrected chi connectivity index (χ3v) is 5.99. The van der Waals surface area contributed by atoms with E-state index in [4.69, 9.17) is 14.5 Å². The number of anilines is 2. The van der Waals surface area contributed by atoms with Gasteiger partial charge in [-0.1, -0.05) is 9.24 Å². The molecule has 2 unspecified atom stereocenters. The van der Waals surface area contributed by atoms with E-state index in [0.717, 1.165) is 59.2 Å². The number of hydrogen-bond acceptors (Lipinski definition) is 7. The molecule has 31 heavy (non-hydrogen) atoms. The number of fused-ring (bicyclic) bond motifs is 2. The number of methoxy groups -OCH3 is 2. The molecule has 0 radical (unpaired) electrons. The van der Waals surface area contributed by atoms with Crippen LogP contribution in [0, 0.1) is 0 Å². The number of benzene rings is 2. The predicted molar refractivity (Wildman–Crippen MR) is 127 cm³/mol. The third kappa shape index (κ3) is 3.83. The van der Waals surface area contributed by atoms with Gasteiger partial charge in [0.25, 0.3) is 0 Å². The van der Waals surface area contributed by atoms with E-state index in [9.17, 15) is 0 Å². The fraction of sp³-hybridized carbons (Fsp3) is 0.318. The lowest BCUT2D eigenvalue weighted by molar-refractivity contribution is 0.356. The maximum atomic E-state index is 5.52. The van der Waals surface area contributed by atoms with Crippen molar-refractivity contribution in [2.24, 2.45) is 0 Å². The predicted octanol–water partition coefficient (Wildman–Crippen LogP) is 3.10. The Kier molecular flexibility index (Phi) is 5.24. The zero-order valence-corrected chi connectivity index (χ0v) is 18.7. The van der Waals surface area contributed by atoms with E-state index in [2.05, 4.69) is 52.8 Å². The van der Waals surface area contributed by atoms with E-state index in [1.54, 1.807) is 14.2 Å². The van der Waals surface area contributed by atoms with Crippen LogP contribution in [0.1, 0.15) is 12.8 Å². The SMILES string of the molecule is COc1cc2nc(P)nc(N3CCCC(Nc4ccc5[nH]ncc5c4)C3)c2cc1OC. The molecule has 4 aromatic rings. The summed E-state index contributed by atoms with van der Waals surface area (Å²) >= 11 is 0. The van der Waals surface area contributed by atoms with Crippen molar-refractivity contribution in [2.45, 2.75) is 18.9 Å². The Balaban J connectivity index is 1.45. The minimum absolute atomic E-state index is 0.316. The highest BCUT2D eigenvalue weighted by Crippen LogP contribution is 2.35. The molecule has 3 heterocycles. The van der Waals surface area contributed by atoms with Crippen LogP contribution < -0.4 is 25.3 Å². The van der Waals surface area contributed by atoms with E-state index in [-0.39, 0.29) is 0 Å². The maximum Gasteiger partial charge on any atom is 0.162 e. The molecule has 8 nitrogen and oxygen atoms in total. The molecule has 1 saturated heterocycles. The largest absolute Gasteiger partial charge is 0.493 e. The Morgan fingerprint density at radius 2 is 1.97 bits per heavy atom. The summed E-state index contributed by atoms with van der Waals surface area (Å²) in [5.74, 6) is 2.26. The number of ether oxygens (including phenoxy) is 2. The molecule has 0 bridgehead atoms. The summed E-state index contributed by atoms with van der Waals surface area (Å²) in [4.78, 5) is 11.7. The minimum atomic E-state index is 0.316. The van der Waals surface area contributed by atoms with Crippen LogP contribution in [0.3, 0.4) is 0 Å². The molecule has 0 aliphatic carbocycles. The summed E-state index contributed by atoms with van der Waals surface area (Å²) in [5, 5.41) is 12.9. The molecule has 0 spiro atoms. The van der Waals surface area contributed by atoms with Crippen molar-refractivity contribution in [3.63, 3.8) is 0 Å². The molecule has 2 N–H and O–H groups in total. The highest BCUT2D eigenvalue weighted by Gasteiger charge is 2.24. The number of rotatable bonds is 5. The first kappa shape index (κ1) is 19.8. The Bertz CT molecular complexity index is 1240. The lowest BCUT2D eigenvalue weighted by atomic mass is 10.0. The number of nitrogens with zero attached hydrogens (tertiary/aromatic N) is 4. The zero-order valence-electron chi connectivity index (χ0n) is 17.6. The Hall–Kier alpha value is -3.12. The molecule has 1 aliphatic rings. The summed E-state index contributed by atoms with van der Waals surface area (Å²) in [7, 11) is 5.90. The van der Waals surface area contributed by atoms with Gasteiger partial charge in [0.15, 0.2) is 11.5 Å². The number of nitrogens with one attached hydrogen (secondary N) is 2. The average molecular weight is 436 g/mol. The van der Waals surface area contributed by atoms with Gasteiger partial charge in [-0.3, -0.25) is 5.10 Å². The van der Waals surface area contributed by atoms with Crippen molar-refractivity contribution in [1.29, 1.82) is 0 Å². The van der Waals surface area contributed by atoms with E-state index < -0.39 is 0 Å². The van der Waals surface area contributed by atoms with Gasteiger partial charge in [-0.25, -0.2) is 9.97 Å². The van der Waals surface area contributed by atoms with Crippen LogP contribution in [-0.4, -0.2) is 53.5 Å². The normalized spacial score (nSPS) is 16.6. The highest BCUT2D eigenvalue weighted by molar-refractivity contribution is 7.26. The second kappa shape index (κ2) is 8.19. The molecule has 1 aliphatic heterocycles. The second-order valence-corrected chi connectivity index (χ2v) is 8.25. The van der Waals surface area contributed by atoms with Crippen molar-refractivity contribution >= 4 is 48.1 Å². The maximum absolute atomic E-state index is 5.52. The molecule has 9 heteroatoms. The van der Waals surface area contributed by atoms with Crippen molar-refractivity contribution in [3.8, 4) is 11.5 Å². The van der Waals surface area contributed by atoms with E-state index >= 15 is 0 Å². The van der Waals surface area contributed by atoms with Crippen LogP contribution in [0.15, 0.2) is 36.5 Å². The van der Waals surface area contributed by atoms with Crippen LogP contribution >= 0.6 is 9.24 Å². The number of aromatic nitrogens is 4. The monoisotopic (exact) mass is 436 g/mol. The van der Waals surface area contributed by atoms with Gasteiger partial charge in [0.1, 0.15) is 11.4 Å². The molecular formula is C22H25N6O2P. The van der Waals surface area contributed by atoms with Gasteiger partial charge in [-0.15, -0.1) is 0 Å². The number of H-pyrrole nitrogens is 1. The molecule has 1 fully saturated rings. The van der Waals surface area contributed by atoms with Gasteiger partial charge < -0.3 is 19.7 Å². The van der Waals surface area contributed by atoms with Gasteiger partial charge in [0, 0.05) is 41.7 Å². The number of piperidine rings is 1. The summed E-state index contributed by atoms with van der Waals surface area (Å²) in [6.45, 7) is 1.80. The first-order valence-electron chi connectivity index (χ1n) is 10.3. The molecular weight excluding hydrogens is 411 g/mol. The van der Waals surface area contributed by atoms with E-state index in [1.807, 2.05) is 18.3 Å². The molecule has 5 rings (SSSR count). The van der Waals surface area contributed by atoms with Crippen LogP contribution in [-0.2, 0) is 0 Å². The number of aromatic amines is 1. The highest BCUT2D eigenvalue weighted by atomic mass is 31.0. The Morgan fingerprint density at radius 3 is 2.81 bits per heavy atom. The summed E-state index contributed by atoms with van der Waals surface area (Å²) < 4.78 is 11.0. The molecule has 0 saturated carbocycles. The number of hydrogen-bond donors (Lipinski definition) is 2. The molecule has 0 amide bonds. The van der Waals surface area contributed by atoms with Crippen LogP contribution in [0.2, 0.25) is 0 Å². The van der Waals surface area contributed by atoms with Crippen molar-refractivity contribution in [1.82, 2.24) is 20.2 Å². The fourth-order valence-corrected chi connectivity index (χ4v) is 4.51. The summed E-state index contributed by atoms with van der Waals surface area (Å²) in [6, 6.07) is 10.5. The zero-order chi connectivity index (χ0) is 21.4. The molecule has 160 valence electrons. The van der Waals surface area contributed by atoms with Gasteiger partial charge in [0.05, 0.1) is 31.4 Å². The average Bonchev–Trinajstić information content (AvgIpc) is 3.25. The van der Waals surface area contributed by atoms with Crippen LogP contribution in [0.4, 0.5) is 11.5 Å². The topological polar surface area (TPSA) is 88.2 Å². The lowest BCUT2D eigenvalue weighted by Crippen LogP contribution is -2.43. The Labute approximate surface area is 182 Å². The molecule has 2 aromatic heterocycles. The second-order valence-electron chi connectivity index (χ2n) is 7.73.